The zero-order valence-electron chi connectivity index (χ0n) is 12.8. The van der Waals surface area contributed by atoms with E-state index in [0.717, 1.165) is 5.69 Å². The minimum atomic E-state index is -0.384. The van der Waals surface area contributed by atoms with E-state index in [2.05, 4.69) is 10.3 Å². The SMILES string of the molecule is CCOC(=O)c1ccc2nc(Nc3ccccc3OC)oc2c1. The van der Waals surface area contributed by atoms with Gasteiger partial charge in [-0.25, -0.2) is 4.79 Å². The summed E-state index contributed by atoms with van der Waals surface area (Å²) in [4.78, 5) is 16.1. The van der Waals surface area contributed by atoms with E-state index in [9.17, 15) is 4.79 Å². The van der Waals surface area contributed by atoms with Crippen LogP contribution in [-0.2, 0) is 4.74 Å². The van der Waals surface area contributed by atoms with Gasteiger partial charge >= 0.3 is 5.97 Å². The number of nitrogens with zero attached hydrogens (tertiary/aromatic N) is 1. The molecule has 1 aromatic heterocycles. The normalized spacial score (nSPS) is 10.5. The second-order valence-electron chi connectivity index (χ2n) is 4.75. The first kappa shape index (κ1) is 14.9. The molecule has 3 aromatic rings. The van der Waals surface area contributed by atoms with Crippen molar-refractivity contribution in [3.63, 3.8) is 0 Å². The Kier molecular flexibility index (Phi) is 4.14. The number of carbonyl (C=O) groups excluding carboxylic acids is 1. The van der Waals surface area contributed by atoms with Crippen molar-refractivity contribution in [3.8, 4) is 5.75 Å². The summed E-state index contributed by atoms with van der Waals surface area (Å²) in [5.74, 6) is 0.298. The van der Waals surface area contributed by atoms with E-state index < -0.39 is 0 Å². The van der Waals surface area contributed by atoms with Gasteiger partial charge in [0, 0.05) is 0 Å². The third kappa shape index (κ3) is 3.11. The first-order valence-electron chi connectivity index (χ1n) is 7.19. The molecule has 0 aliphatic carbocycles. The Morgan fingerprint density at radius 1 is 1.26 bits per heavy atom. The summed E-state index contributed by atoms with van der Waals surface area (Å²) in [5.41, 5.74) is 2.33. The highest BCUT2D eigenvalue weighted by Gasteiger charge is 2.12. The van der Waals surface area contributed by atoms with Gasteiger partial charge in [0.15, 0.2) is 5.58 Å². The first-order valence-corrected chi connectivity index (χ1v) is 7.19. The van der Waals surface area contributed by atoms with Crippen molar-refractivity contribution in [1.82, 2.24) is 4.98 Å². The van der Waals surface area contributed by atoms with Gasteiger partial charge in [0.25, 0.3) is 6.01 Å². The van der Waals surface area contributed by atoms with Gasteiger partial charge in [-0.15, -0.1) is 0 Å². The number of hydrogen-bond donors (Lipinski definition) is 1. The van der Waals surface area contributed by atoms with Gasteiger partial charge in [0.1, 0.15) is 11.3 Å². The Hall–Kier alpha value is -3.02. The van der Waals surface area contributed by atoms with Gasteiger partial charge in [-0.3, -0.25) is 0 Å². The van der Waals surface area contributed by atoms with Gasteiger partial charge in [-0.2, -0.15) is 4.98 Å². The predicted molar refractivity (Wildman–Crippen MR) is 86.2 cm³/mol. The van der Waals surface area contributed by atoms with Crippen molar-refractivity contribution in [2.75, 3.05) is 19.0 Å². The molecule has 2 aromatic carbocycles. The number of methoxy groups -OCH3 is 1. The largest absolute Gasteiger partial charge is 0.495 e. The molecular weight excluding hydrogens is 296 g/mol. The number of esters is 1. The molecule has 0 fully saturated rings. The summed E-state index contributed by atoms with van der Waals surface area (Å²) in [6.45, 7) is 2.09. The smallest absolute Gasteiger partial charge is 0.338 e. The Morgan fingerprint density at radius 3 is 2.87 bits per heavy atom. The van der Waals surface area contributed by atoms with E-state index in [1.54, 1.807) is 32.2 Å². The van der Waals surface area contributed by atoms with Crippen LogP contribution in [0.15, 0.2) is 46.9 Å². The highest BCUT2D eigenvalue weighted by molar-refractivity contribution is 5.93. The van der Waals surface area contributed by atoms with Crippen LogP contribution in [0.1, 0.15) is 17.3 Å². The van der Waals surface area contributed by atoms with Crippen LogP contribution < -0.4 is 10.1 Å². The standard InChI is InChI=1S/C17H16N2O4/c1-3-22-16(20)11-8-9-13-15(10-11)23-17(19-13)18-12-6-4-5-7-14(12)21-2/h4-10H,3H2,1-2H3,(H,18,19). The second kappa shape index (κ2) is 6.39. The minimum absolute atomic E-state index is 0.325. The highest BCUT2D eigenvalue weighted by atomic mass is 16.5. The molecule has 3 rings (SSSR count). The zero-order valence-corrected chi connectivity index (χ0v) is 12.8. The fraction of sp³-hybridized carbons (Fsp3) is 0.176. The molecule has 0 atom stereocenters. The van der Waals surface area contributed by atoms with Gasteiger partial charge < -0.3 is 19.2 Å². The summed E-state index contributed by atoms with van der Waals surface area (Å²) < 4.78 is 15.9. The summed E-state index contributed by atoms with van der Waals surface area (Å²) >= 11 is 0. The van der Waals surface area contributed by atoms with Crippen LogP contribution >= 0.6 is 0 Å². The lowest BCUT2D eigenvalue weighted by Gasteiger charge is -2.07. The maximum absolute atomic E-state index is 11.8. The average molecular weight is 312 g/mol. The number of aromatic nitrogens is 1. The third-order valence-corrected chi connectivity index (χ3v) is 3.25. The molecule has 0 bridgehead atoms. The van der Waals surface area contributed by atoms with Crippen LogP contribution in [-0.4, -0.2) is 24.7 Å². The molecular formula is C17H16N2O4. The maximum atomic E-state index is 11.8. The number of nitrogens with one attached hydrogen (secondary N) is 1. The summed E-state index contributed by atoms with van der Waals surface area (Å²) in [6.07, 6.45) is 0. The predicted octanol–water partition coefficient (Wildman–Crippen LogP) is 3.76. The van der Waals surface area contributed by atoms with Crippen molar-refractivity contribution >= 4 is 28.8 Å². The van der Waals surface area contributed by atoms with E-state index >= 15 is 0 Å². The topological polar surface area (TPSA) is 73.6 Å². The van der Waals surface area contributed by atoms with Crippen molar-refractivity contribution in [3.05, 3.63) is 48.0 Å². The van der Waals surface area contributed by atoms with Crippen LogP contribution in [0.2, 0.25) is 0 Å². The van der Waals surface area contributed by atoms with Crippen LogP contribution in [0.3, 0.4) is 0 Å². The first-order chi connectivity index (χ1) is 11.2. The van der Waals surface area contributed by atoms with E-state index in [0.29, 0.717) is 35.0 Å². The minimum Gasteiger partial charge on any atom is -0.495 e. The molecule has 0 radical (unpaired) electrons. The number of benzene rings is 2. The number of ether oxygens (including phenoxy) is 2. The van der Waals surface area contributed by atoms with E-state index in [4.69, 9.17) is 13.9 Å². The molecule has 0 aliphatic heterocycles. The lowest BCUT2D eigenvalue weighted by atomic mass is 10.2. The number of rotatable bonds is 5. The van der Waals surface area contributed by atoms with Crippen LogP contribution in [0.4, 0.5) is 11.7 Å². The van der Waals surface area contributed by atoms with Crippen molar-refractivity contribution in [1.29, 1.82) is 0 Å². The molecule has 1 N–H and O–H groups in total. The second-order valence-corrected chi connectivity index (χ2v) is 4.75. The van der Waals surface area contributed by atoms with E-state index in [-0.39, 0.29) is 5.97 Å². The lowest BCUT2D eigenvalue weighted by molar-refractivity contribution is 0.0526. The molecule has 6 nitrogen and oxygen atoms in total. The number of carbonyl (C=O) groups is 1. The van der Waals surface area contributed by atoms with Crippen LogP contribution in [0.25, 0.3) is 11.1 Å². The summed E-state index contributed by atoms with van der Waals surface area (Å²) in [7, 11) is 1.60. The fourth-order valence-corrected chi connectivity index (χ4v) is 2.18. The zero-order chi connectivity index (χ0) is 16.2. The molecule has 0 aliphatic rings. The number of para-hydroxylation sites is 2. The fourth-order valence-electron chi connectivity index (χ4n) is 2.18. The number of oxazole rings is 1. The summed E-state index contributed by atoms with van der Waals surface area (Å²) in [5, 5.41) is 3.07. The monoisotopic (exact) mass is 312 g/mol. The lowest BCUT2D eigenvalue weighted by Crippen LogP contribution is -2.03. The summed E-state index contributed by atoms with van der Waals surface area (Å²) in [6, 6.07) is 12.8. The van der Waals surface area contributed by atoms with E-state index in [1.165, 1.54) is 0 Å². The quantitative estimate of drug-likeness (QED) is 0.723. The number of fused-ring (bicyclic) bond motifs is 1. The maximum Gasteiger partial charge on any atom is 0.338 e. The molecule has 23 heavy (non-hydrogen) atoms. The third-order valence-electron chi connectivity index (χ3n) is 3.25. The number of hydrogen-bond acceptors (Lipinski definition) is 6. The van der Waals surface area contributed by atoms with Crippen molar-refractivity contribution in [2.45, 2.75) is 6.92 Å². The van der Waals surface area contributed by atoms with Gasteiger partial charge in [0.05, 0.1) is 25.0 Å². The highest BCUT2D eigenvalue weighted by Crippen LogP contribution is 2.28. The van der Waals surface area contributed by atoms with Crippen molar-refractivity contribution < 1.29 is 18.7 Å². The van der Waals surface area contributed by atoms with Gasteiger partial charge in [0.2, 0.25) is 0 Å². The average Bonchev–Trinajstić information content (AvgIpc) is 2.97. The molecule has 0 amide bonds. The Bertz CT molecular complexity index is 841. The molecule has 0 unspecified atom stereocenters. The molecule has 1 heterocycles. The molecule has 0 saturated heterocycles. The van der Waals surface area contributed by atoms with Gasteiger partial charge in [-0.1, -0.05) is 12.1 Å². The molecule has 6 heteroatoms. The Morgan fingerprint density at radius 2 is 2.09 bits per heavy atom. The van der Waals surface area contributed by atoms with Crippen LogP contribution in [0, 0.1) is 0 Å². The Labute approximate surface area is 133 Å². The van der Waals surface area contributed by atoms with Crippen molar-refractivity contribution in [2.24, 2.45) is 0 Å². The van der Waals surface area contributed by atoms with Gasteiger partial charge in [-0.05, 0) is 37.3 Å². The molecule has 118 valence electrons. The van der Waals surface area contributed by atoms with Crippen LogP contribution in [0.5, 0.6) is 5.75 Å². The molecule has 0 saturated carbocycles. The van der Waals surface area contributed by atoms with E-state index in [1.807, 2.05) is 24.3 Å². The Balaban J connectivity index is 1.89. The number of anilines is 2. The molecule has 0 spiro atoms.